The topological polar surface area (TPSA) is 66.9 Å². The molecule has 0 bridgehead atoms. The molecule has 6 nitrogen and oxygen atoms in total. The molecule has 1 aliphatic rings. The van der Waals surface area contributed by atoms with E-state index in [0.717, 1.165) is 11.6 Å². The van der Waals surface area contributed by atoms with Crippen molar-refractivity contribution in [3.05, 3.63) is 58.9 Å². The van der Waals surface area contributed by atoms with Gasteiger partial charge in [-0.05, 0) is 49.7 Å². The van der Waals surface area contributed by atoms with E-state index in [2.05, 4.69) is 0 Å². The summed E-state index contributed by atoms with van der Waals surface area (Å²) < 4.78 is 46.2. The lowest BCUT2D eigenvalue weighted by molar-refractivity contribution is -0.139. The van der Waals surface area contributed by atoms with Gasteiger partial charge in [-0.3, -0.25) is 4.79 Å². The molecule has 0 aromatic heterocycles. The lowest BCUT2D eigenvalue weighted by Crippen LogP contribution is -2.53. The quantitative estimate of drug-likeness (QED) is 0.716. The highest BCUT2D eigenvalue weighted by Gasteiger charge is 2.33. The lowest BCUT2D eigenvalue weighted by atomic mass is 10.2. The third-order valence-electron chi connectivity index (χ3n) is 4.79. The van der Waals surface area contributed by atoms with Crippen molar-refractivity contribution in [2.75, 3.05) is 26.2 Å². The molecular weight excluding hydrogens is 419 g/mol. The molecule has 1 fully saturated rings. The Morgan fingerprint density at radius 1 is 1.14 bits per heavy atom. The molecule has 2 aromatic carbocycles. The molecular formula is C20H22ClFN2O4S. The summed E-state index contributed by atoms with van der Waals surface area (Å²) in [5, 5.41) is 0.584. The maximum Gasteiger partial charge on any atom is 0.263 e. The van der Waals surface area contributed by atoms with E-state index in [1.54, 1.807) is 30.0 Å². The van der Waals surface area contributed by atoms with Crippen LogP contribution in [-0.2, 0) is 14.8 Å². The van der Waals surface area contributed by atoms with Crippen LogP contribution in [-0.4, -0.2) is 55.8 Å². The molecule has 3 rings (SSSR count). The summed E-state index contributed by atoms with van der Waals surface area (Å²) in [6, 6.07) is 10.4. The summed E-state index contributed by atoms with van der Waals surface area (Å²) >= 11 is 5.93. The molecule has 1 atom stereocenters. The van der Waals surface area contributed by atoms with E-state index in [9.17, 15) is 17.6 Å². The summed E-state index contributed by atoms with van der Waals surface area (Å²) in [5.74, 6) is -0.454. The SMILES string of the molecule is Cc1cc(Cl)ccc1O[C@H](C)C(=O)N1CCN(S(=O)(=O)c2ccccc2F)CC1. The van der Waals surface area contributed by atoms with Crippen molar-refractivity contribution in [1.82, 2.24) is 9.21 Å². The number of ether oxygens (including phenoxy) is 1. The van der Waals surface area contributed by atoms with Gasteiger partial charge in [0.1, 0.15) is 16.5 Å². The van der Waals surface area contributed by atoms with Gasteiger partial charge in [0.05, 0.1) is 0 Å². The number of hydrogen-bond acceptors (Lipinski definition) is 4. The van der Waals surface area contributed by atoms with E-state index < -0.39 is 21.9 Å². The Kier molecular flexibility index (Phi) is 6.45. The molecule has 0 aliphatic carbocycles. The summed E-state index contributed by atoms with van der Waals surface area (Å²) in [7, 11) is -3.94. The number of aryl methyl sites for hydroxylation is 1. The zero-order valence-corrected chi connectivity index (χ0v) is 17.7. The van der Waals surface area contributed by atoms with Crippen molar-refractivity contribution in [3.8, 4) is 5.75 Å². The molecule has 0 saturated carbocycles. The van der Waals surface area contributed by atoms with Crippen LogP contribution in [0.3, 0.4) is 0 Å². The minimum atomic E-state index is -3.94. The Bertz CT molecular complexity index is 1010. The van der Waals surface area contributed by atoms with Crippen LogP contribution >= 0.6 is 11.6 Å². The number of carbonyl (C=O) groups excluding carboxylic acids is 1. The Morgan fingerprint density at radius 2 is 1.79 bits per heavy atom. The molecule has 2 aromatic rings. The first-order valence-corrected chi connectivity index (χ1v) is 11.0. The van der Waals surface area contributed by atoms with Gasteiger partial charge in [0.15, 0.2) is 6.10 Å². The second-order valence-electron chi connectivity index (χ2n) is 6.83. The van der Waals surface area contributed by atoms with Crippen LogP contribution < -0.4 is 4.74 Å². The second kappa shape index (κ2) is 8.69. The standard InChI is InChI=1S/C20H22ClFN2O4S/c1-14-13-16(21)7-8-18(14)28-15(2)20(25)23-9-11-24(12-10-23)29(26,27)19-6-4-3-5-17(19)22/h3-8,13,15H,9-12H2,1-2H3/t15-/m1/s1. The van der Waals surface area contributed by atoms with E-state index in [1.807, 2.05) is 6.92 Å². The summed E-state index contributed by atoms with van der Waals surface area (Å²) in [6.07, 6.45) is -0.732. The molecule has 29 heavy (non-hydrogen) atoms. The molecule has 1 saturated heterocycles. The van der Waals surface area contributed by atoms with E-state index >= 15 is 0 Å². The third kappa shape index (κ3) is 4.71. The predicted molar refractivity (Wildman–Crippen MR) is 108 cm³/mol. The van der Waals surface area contributed by atoms with Crippen molar-refractivity contribution in [1.29, 1.82) is 0 Å². The van der Waals surface area contributed by atoms with Crippen LogP contribution in [0.25, 0.3) is 0 Å². The zero-order valence-electron chi connectivity index (χ0n) is 16.1. The fourth-order valence-electron chi connectivity index (χ4n) is 3.18. The molecule has 156 valence electrons. The van der Waals surface area contributed by atoms with Gasteiger partial charge in [-0.15, -0.1) is 0 Å². The van der Waals surface area contributed by atoms with Crippen molar-refractivity contribution in [3.63, 3.8) is 0 Å². The number of piperazine rings is 1. The van der Waals surface area contributed by atoms with Gasteiger partial charge in [-0.25, -0.2) is 12.8 Å². The summed E-state index contributed by atoms with van der Waals surface area (Å²) in [4.78, 5) is 13.9. The molecule has 1 amide bonds. The van der Waals surface area contributed by atoms with E-state index in [0.29, 0.717) is 10.8 Å². The largest absolute Gasteiger partial charge is 0.481 e. The fraction of sp³-hybridized carbons (Fsp3) is 0.350. The van der Waals surface area contributed by atoms with Gasteiger partial charge in [0.2, 0.25) is 10.0 Å². The Balaban J connectivity index is 1.62. The molecule has 0 N–H and O–H groups in total. The highest BCUT2D eigenvalue weighted by molar-refractivity contribution is 7.89. The summed E-state index contributed by atoms with van der Waals surface area (Å²) in [5.41, 5.74) is 0.818. The van der Waals surface area contributed by atoms with Gasteiger partial charge in [-0.1, -0.05) is 23.7 Å². The number of rotatable bonds is 5. The minimum Gasteiger partial charge on any atom is -0.481 e. The first kappa shape index (κ1) is 21.5. The molecule has 1 aliphatic heterocycles. The fourth-order valence-corrected chi connectivity index (χ4v) is 4.90. The van der Waals surface area contributed by atoms with Crippen LogP contribution in [0.1, 0.15) is 12.5 Å². The molecule has 1 heterocycles. The monoisotopic (exact) mass is 440 g/mol. The molecule has 0 spiro atoms. The Labute approximate surface area is 174 Å². The normalized spacial score (nSPS) is 16.5. The second-order valence-corrected chi connectivity index (χ2v) is 9.17. The van der Waals surface area contributed by atoms with E-state index in [4.69, 9.17) is 16.3 Å². The van der Waals surface area contributed by atoms with Gasteiger partial charge in [-0.2, -0.15) is 4.31 Å². The molecule has 0 unspecified atom stereocenters. The average Bonchev–Trinajstić information content (AvgIpc) is 2.69. The van der Waals surface area contributed by atoms with Gasteiger partial charge >= 0.3 is 0 Å². The highest BCUT2D eigenvalue weighted by atomic mass is 35.5. The Morgan fingerprint density at radius 3 is 2.41 bits per heavy atom. The van der Waals surface area contributed by atoms with Gasteiger partial charge in [0, 0.05) is 31.2 Å². The maximum absolute atomic E-state index is 13.9. The summed E-state index contributed by atoms with van der Waals surface area (Å²) in [6.45, 7) is 4.09. The Hall–Kier alpha value is -2.16. The van der Waals surface area contributed by atoms with Crippen molar-refractivity contribution >= 4 is 27.5 Å². The number of nitrogens with zero attached hydrogens (tertiary/aromatic N) is 2. The number of benzene rings is 2. The van der Waals surface area contributed by atoms with Crippen LogP contribution in [0.2, 0.25) is 5.02 Å². The van der Waals surface area contributed by atoms with Crippen LogP contribution in [0, 0.1) is 12.7 Å². The number of carbonyl (C=O) groups is 1. The minimum absolute atomic E-state index is 0.0924. The van der Waals surface area contributed by atoms with Crippen molar-refractivity contribution < 1.29 is 22.3 Å². The van der Waals surface area contributed by atoms with Gasteiger partial charge in [0.25, 0.3) is 5.91 Å². The zero-order chi connectivity index (χ0) is 21.2. The van der Waals surface area contributed by atoms with Crippen molar-refractivity contribution in [2.45, 2.75) is 24.8 Å². The smallest absolute Gasteiger partial charge is 0.263 e. The maximum atomic E-state index is 13.9. The van der Waals surface area contributed by atoms with E-state index in [1.165, 1.54) is 22.5 Å². The number of amides is 1. The molecule has 9 heteroatoms. The third-order valence-corrected chi connectivity index (χ3v) is 6.96. The van der Waals surface area contributed by atoms with Crippen LogP contribution in [0.4, 0.5) is 4.39 Å². The predicted octanol–water partition coefficient (Wildman–Crippen LogP) is 3.09. The van der Waals surface area contributed by atoms with Crippen LogP contribution in [0.5, 0.6) is 5.75 Å². The average molecular weight is 441 g/mol. The van der Waals surface area contributed by atoms with E-state index in [-0.39, 0.29) is 37.0 Å². The number of sulfonamides is 1. The first-order chi connectivity index (χ1) is 13.7. The van der Waals surface area contributed by atoms with Gasteiger partial charge < -0.3 is 9.64 Å². The lowest BCUT2D eigenvalue weighted by Gasteiger charge is -2.35. The molecule has 0 radical (unpaired) electrons. The number of hydrogen-bond donors (Lipinski definition) is 0. The number of halogens is 2. The van der Waals surface area contributed by atoms with Crippen LogP contribution in [0.15, 0.2) is 47.4 Å². The highest BCUT2D eigenvalue weighted by Crippen LogP contribution is 2.24. The van der Waals surface area contributed by atoms with Crippen molar-refractivity contribution in [2.24, 2.45) is 0 Å². The first-order valence-electron chi connectivity index (χ1n) is 9.16.